The Morgan fingerprint density at radius 2 is 1.79 bits per heavy atom. The number of rotatable bonds is 11. The lowest BCUT2D eigenvalue weighted by Gasteiger charge is -2.25. The topological polar surface area (TPSA) is 100 Å². The predicted octanol–water partition coefficient (Wildman–Crippen LogP) is 6.02. The van der Waals surface area contributed by atoms with Gasteiger partial charge >= 0.3 is 0 Å². The summed E-state index contributed by atoms with van der Waals surface area (Å²) >= 11 is 6.42. The lowest BCUT2D eigenvalue weighted by atomic mass is 10.1. The molecule has 4 rings (SSSR count). The van der Waals surface area contributed by atoms with E-state index in [0.717, 1.165) is 33.2 Å². The molecule has 4 aromatic rings. The number of ether oxygens (including phenoxy) is 1. The molecule has 202 valence electrons. The number of nitrogens with zero attached hydrogens (tertiary/aromatic N) is 3. The van der Waals surface area contributed by atoms with E-state index >= 15 is 0 Å². The number of benzene rings is 3. The van der Waals surface area contributed by atoms with Gasteiger partial charge in [0.1, 0.15) is 10.8 Å². The molecule has 0 aliphatic rings. The van der Waals surface area contributed by atoms with Crippen LogP contribution in [-0.2, 0) is 4.79 Å². The van der Waals surface area contributed by atoms with Gasteiger partial charge in [0.25, 0.3) is 0 Å². The maximum Gasteiger partial charge on any atom is 0.247 e. The molecule has 9 nitrogen and oxygen atoms in total. The molecule has 0 atom stereocenters. The third kappa shape index (κ3) is 7.37. The number of hydrogen-bond acceptors (Lipinski definition) is 7. The number of likely N-dealkylation sites (N-methyl/N-ethyl adjacent to an activating group) is 1. The first-order valence-electron chi connectivity index (χ1n) is 12.4. The molecule has 0 aliphatic heterocycles. The van der Waals surface area contributed by atoms with E-state index < -0.39 is 0 Å². The molecule has 1 heterocycles. The average molecular weight is 547 g/mol. The molecule has 0 radical (unpaired) electrons. The van der Waals surface area contributed by atoms with Crippen molar-refractivity contribution in [1.82, 2.24) is 9.97 Å². The molecule has 1 amide bonds. The number of anilines is 6. The van der Waals surface area contributed by atoms with Crippen LogP contribution in [0.5, 0.6) is 5.75 Å². The van der Waals surface area contributed by atoms with Crippen LogP contribution in [0.25, 0.3) is 10.8 Å². The number of quaternary nitrogens is 1. The smallest absolute Gasteiger partial charge is 0.247 e. The normalized spacial score (nSPS) is 11.1. The van der Waals surface area contributed by atoms with Gasteiger partial charge in [-0.25, -0.2) is 4.98 Å². The minimum Gasteiger partial charge on any atom is -0.494 e. The Labute approximate surface area is 233 Å². The number of hydrogen-bond donors (Lipinski definition) is 4. The number of aromatic nitrogens is 2. The number of nitrogens with one attached hydrogen (secondary N) is 4. The first-order chi connectivity index (χ1) is 18.6. The molecule has 1 aromatic heterocycles. The number of amides is 1. The van der Waals surface area contributed by atoms with Crippen molar-refractivity contribution in [3.05, 3.63) is 78.5 Å². The largest absolute Gasteiger partial charge is 0.494 e. The molecule has 0 aliphatic carbocycles. The zero-order valence-electron chi connectivity index (χ0n) is 22.5. The van der Waals surface area contributed by atoms with Gasteiger partial charge in [-0.3, -0.25) is 4.79 Å². The van der Waals surface area contributed by atoms with Gasteiger partial charge in [-0.2, -0.15) is 4.98 Å². The van der Waals surface area contributed by atoms with Crippen LogP contribution >= 0.6 is 11.6 Å². The number of fused-ring (bicyclic) bond motifs is 1. The molecule has 4 N–H and O–H groups in total. The van der Waals surface area contributed by atoms with Crippen molar-refractivity contribution >= 4 is 62.8 Å². The number of halogens is 1. The first-order valence-corrected chi connectivity index (χ1v) is 12.8. The van der Waals surface area contributed by atoms with Gasteiger partial charge in [-0.15, -0.1) is 0 Å². The fourth-order valence-electron chi connectivity index (χ4n) is 3.85. The Morgan fingerprint density at radius 1 is 1.03 bits per heavy atom. The molecule has 0 fully saturated rings. The highest BCUT2D eigenvalue weighted by atomic mass is 35.5. The van der Waals surface area contributed by atoms with Crippen LogP contribution in [-0.4, -0.2) is 61.7 Å². The Balaban J connectivity index is 1.61. The zero-order valence-corrected chi connectivity index (χ0v) is 23.3. The van der Waals surface area contributed by atoms with Crippen molar-refractivity contribution in [1.29, 1.82) is 0 Å². The second-order valence-electron chi connectivity index (χ2n) is 9.93. The Morgan fingerprint density at radius 3 is 2.51 bits per heavy atom. The number of carbonyl (C=O) groups excluding carboxylic acids is 1. The van der Waals surface area contributed by atoms with Crippen molar-refractivity contribution in [3.63, 3.8) is 0 Å². The van der Waals surface area contributed by atoms with Crippen LogP contribution in [0, 0.1) is 0 Å². The van der Waals surface area contributed by atoms with Crippen LogP contribution in [0.1, 0.15) is 0 Å². The summed E-state index contributed by atoms with van der Waals surface area (Å²) in [5.74, 6) is 0.960. The molecule has 10 heteroatoms. The van der Waals surface area contributed by atoms with Gasteiger partial charge in [-0.05, 0) is 35.0 Å². The first kappa shape index (κ1) is 27.7. The van der Waals surface area contributed by atoms with Crippen LogP contribution in [0.2, 0.25) is 5.02 Å². The third-order valence-electron chi connectivity index (χ3n) is 5.88. The fraction of sp³-hybridized carbons (Fsp3) is 0.207. The van der Waals surface area contributed by atoms with E-state index in [0.29, 0.717) is 40.5 Å². The fourth-order valence-corrected chi connectivity index (χ4v) is 3.98. The molecular weight excluding hydrogens is 514 g/mol. The zero-order chi connectivity index (χ0) is 28.0. The Bertz CT molecular complexity index is 1500. The molecular formula is C29H33ClN7O2+. The Kier molecular flexibility index (Phi) is 8.53. The van der Waals surface area contributed by atoms with Gasteiger partial charge in [0.05, 0.1) is 64.6 Å². The van der Waals surface area contributed by atoms with E-state index in [1.807, 2.05) is 42.5 Å². The van der Waals surface area contributed by atoms with E-state index in [2.05, 4.69) is 65.0 Å². The molecule has 0 unspecified atom stereocenters. The summed E-state index contributed by atoms with van der Waals surface area (Å²) in [7, 11) is 7.93. The van der Waals surface area contributed by atoms with E-state index in [1.165, 1.54) is 12.3 Å². The highest BCUT2D eigenvalue weighted by Gasteiger charge is 2.16. The highest BCUT2D eigenvalue weighted by molar-refractivity contribution is 6.33. The predicted molar refractivity (Wildman–Crippen MR) is 161 cm³/mol. The summed E-state index contributed by atoms with van der Waals surface area (Å²) in [4.78, 5) is 21.1. The van der Waals surface area contributed by atoms with Gasteiger partial charge in [0.2, 0.25) is 11.9 Å². The van der Waals surface area contributed by atoms with Crippen molar-refractivity contribution in [3.8, 4) is 5.75 Å². The van der Waals surface area contributed by atoms with Crippen LogP contribution in [0.4, 0.5) is 34.5 Å². The van der Waals surface area contributed by atoms with E-state index in [9.17, 15) is 4.79 Å². The average Bonchev–Trinajstić information content (AvgIpc) is 2.90. The second kappa shape index (κ2) is 12.0. The summed E-state index contributed by atoms with van der Waals surface area (Å²) in [6.45, 7) is 5.13. The standard InChI is InChI=1S/C29H32ClN7O2/c1-6-27(38)34-24-16-25(26(39-5)17-23(24)31-13-14-37(2,3)4)35-29-32-18-22(30)28(36-29)33-21-12-11-19-9-7-8-10-20(19)15-21/h6-12,15-18,31H,1,13-14H2,2-5H3,(H2-,32,33,34,35,36,38)/p+1. The number of carbonyl (C=O) groups is 1. The van der Waals surface area contributed by atoms with Gasteiger partial charge in [0, 0.05) is 11.8 Å². The summed E-state index contributed by atoms with van der Waals surface area (Å²) in [5, 5.41) is 15.3. The Hall–Kier alpha value is -4.34. The van der Waals surface area contributed by atoms with Crippen LogP contribution < -0.4 is 26.0 Å². The van der Waals surface area contributed by atoms with Crippen molar-refractivity contribution in [2.75, 3.05) is 62.6 Å². The molecule has 0 spiro atoms. The molecule has 0 saturated carbocycles. The number of methoxy groups -OCH3 is 1. The molecule has 0 bridgehead atoms. The van der Waals surface area contributed by atoms with Crippen LogP contribution in [0.15, 0.2) is 73.4 Å². The van der Waals surface area contributed by atoms with Gasteiger partial charge in [-0.1, -0.05) is 48.5 Å². The van der Waals surface area contributed by atoms with E-state index in [-0.39, 0.29) is 5.91 Å². The second-order valence-corrected chi connectivity index (χ2v) is 10.3. The van der Waals surface area contributed by atoms with Crippen LogP contribution in [0.3, 0.4) is 0 Å². The minimum absolute atomic E-state index is 0.299. The van der Waals surface area contributed by atoms with Crippen molar-refractivity contribution in [2.24, 2.45) is 0 Å². The quantitative estimate of drug-likeness (QED) is 0.135. The minimum atomic E-state index is -0.328. The summed E-state index contributed by atoms with van der Waals surface area (Å²) in [6.07, 6.45) is 2.74. The SMILES string of the molecule is C=CC(=O)Nc1cc(Nc2ncc(Cl)c(Nc3ccc4ccccc4c3)n2)c(OC)cc1NCC[N+](C)(C)C. The lowest BCUT2D eigenvalue weighted by molar-refractivity contribution is -0.868. The monoisotopic (exact) mass is 546 g/mol. The van der Waals surface area contributed by atoms with E-state index in [4.69, 9.17) is 16.3 Å². The maximum atomic E-state index is 12.2. The maximum absolute atomic E-state index is 12.2. The summed E-state index contributed by atoms with van der Waals surface area (Å²) < 4.78 is 6.44. The molecule has 3 aromatic carbocycles. The lowest BCUT2D eigenvalue weighted by Crippen LogP contribution is -2.38. The third-order valence-corrected chi connectivity index (χ3v) is 6.16. The van der Waals surface area contributed by atoms with Crippen molar-refractivity contribution < 1.29 is 14.0 Å². The van der Waals surface area contributed by atoms with E-state index in [1.54, 1.807) is 13.2 Å². The van der Waals surface area contributed by atoms with Gasteiger partial charge in [0.15, 0.2) is 5.82 Å². The summed E-state index contributed by atoms with van der Waals surface area (Å²) in [5.41, 5.74) is 2.69. The molecule has 0 saturated heterocycles. The van der Waals surface area contributed by atoms with Crippen molar-refractivity contribution in [2.45, 2.75) is 0 Å². The highest BCUT2D eigenvalue weighted by Crippen LogP contribution is 2.37. The van der Waals surface area contributed by atoms with Gasteiger partial charge < -0.3 is 30.5 Å². The summed E-state index contributed by atoms with van der Waals surface area (Å²) in [6, 6.07) is 17.7. The molecule has 39 heavy (non-hydrogen) atoms.